The van der Waals surface area contributed by atoms with Gasteiger partial charge in [0.1, 0.15) is 11.6 Å². The molecule has 4 rings (SSSR count). The lowest BCUT2D eigenvalue weighted by molar-refractivity contribution is -0.138. The molecule has 1 spiro atoms. The number of benzene rings is 1. The lowest BCUT2D eigenvalue weighted by atomic mass is 9.75. The maximum absolute atomic E-state index is 13.5. The third-order valence-electron chi connectivity index (χ3n) is 6.08. The maximum atomic E-state index is 13.5. The number of anilines is 2. The van der Waals surface area contributed by atoms with Crippen molar-refractivity contribution in [3.8, 4) is 12.1 Å². The van der Waals surface area contributed by atoms with E-state index >= 15 is 0 Å². The van der Waals surface area contributed by atoms with Crippen molar-refractivity contribution in [1.29, 1.82) is 10.5 Å². The smallest absolute Gasteiger partial charge is 0.303 e. The Morgan fingerprint density at radius 1 is 1.15 bits per heavy atom. The van der Waals surface area contributed by atoms with Crippen LogP contribution in [0, 0.1) is 22.7 Å². The minimum Gasteiger partial charge on any atom is -0.303 e. The van der Waals surface area contributed by atoms with Crippen LogP contribution >= 0.6 is 12.2 Å². The van der Waals surface area contributed by atoms with Gasteiger partial charge in [0.15, 0.2) is 10.8 Å². The van der Waals surface area contributed by atoms with E-state index in [2.05, 4.69) is 11.1 Å². The fourth-order valence-corrected chi connectivity index (χ4v) is 4.74. The molecular formula is C23H18F3N5OS. The third-order valence-corrected chi connectivity index (χ3v) is 6.45. The van der Waals surface area contributed by atoms with Gasteiger partial charge >= 0.3 is 6.18 Å². The van der Waals surface area contributed by atoms with Crippen LogP contribution in [0.2, 0.25) is 0 Å². The zero-order chi connectivity index (χ0) is 23.8. The Bertz CT molecular complexity index is 1190. The summed E-state index contributed by atoms with van der Waals surface area (Å²) in [5.74, 6) is -0.392. The van der Waals surface area contributed by atoms with Crippen molar-refractivity contribution in [3.05, 3.63) is 53.3 Å². The molecule has 168 valence electrons. The van der Waals surface area contributed by atoms with Crippen molar-refractivity contribution < 1.29 is 18.0 Å². The number of aryl methyl sites for hydroxylation is 1. The van der Waals surface area contributed by atoms with Gasteiger partial charge in [0.2, 0.25) is 0 Å². The summed E-state index contributed by atoms with van der Waals surface area (Å²) in [5, 5.41) is 17.8. The molecule has 0 N–H and O–H groups in total. The molecule has 1 saturated carbocycles. The predicted molar refractivity (Wildman–Crippen MR) is 118 cm³/mol. The molecule has 0 bridgehead atoms. The average molecular weight is 469 g/mol. The van der Waals surface area contributed by atoms with Crippen molar-refractivity contribution in [3.63, 3.8) is 0 Å². The van der Waals surface area contributed by atoms with Gasteiger partial charge in [-0.15, -0.1) is 0 Å². The molecule has 2 fully saturated rings. The van der Waals surface area contributed by atoms with E-state index in [0.717, 1.165) is 42.0 Å². The number of unbranched alkanes of at least 4 members (excludes halogenated alkanes) is 1. The van der Waals surface area contributed by atoms with Gasteiger partial charge in [0.05, 0.1) is 23.5 Å². The minimum atomic E-state index is -4.80. The van der Waals surface area contributed by atoms with Gasteiger partial charge in [-0.25, -0.2) is 4.98 Å². The molecule has 2 heterocycles. The van der Waals surface area contributed by atoms with E-state index in [0.29, 0.717) is 24.9 Å². The minimum absolute atomic E-state index is 0.0802. The molecule has 1 aromatic heterocycles. The van der Waals surface area contributed by atoms with Crippen molar-refractivity contribution in [2.75, 3.05) is 9.80 Å². The Labute approximate surface area is 193 Å². The van der Waals surface area contributed by atoms with Crippen LogP contribution in [0.25, 0.3) is 0 Å². The first-order valence-corrected chi connectivity index (χ1v) is 10.8. The first-order valence-electron chi connectivity index (χ1n) is 10.3. The second-order valence-electron chi connectivity index (χ2n) is 8.02. The highest BCUT2D eigenvalue weighted by molar-refractivity contribution is 7.81. The average Bonchev–Trinajstić information content (AvgIpc) is 3.00. The predicted octanol–water partition coefficient (Wildman–Crippen LogP) is 4.88. The summed E-state index contributed by atoms with van der Waals surface area (Å²) in [7, 11) is 0. The summed E-state index contributed by atoms with van der Waals surface area (Å²) in [6.07, 6.45) is 0.0742. The number of hydrogen-bond donors (Lipinski definition) is 0. The number of alkyl halides is 3. The summed E-state index contributed by atoms with van der Waals surface area (Å²) in [4.78, 5) is 19.9. The quantitative estimate of drug-likeness (QED) is 0.459. The van der Waals surface area contributed by atoms with Crippen LogP contribution in [0.15, 0.2) is 36.5 Å². The fraction of sp³-hybridized carbons (Fsp3) is 0.348. The Morgan fingerprint density at radius 2 is 1.85 bits per heavy atom. The molecule has 10 heteroatoms. The standard InChI is InChI=1S/C23H18F3N5OS/c24-23(25,26)18-12-17(14-29-19(18)13-28)30-20(32)22(9-3-10-22)31(21(30)33)16-7-5-15(6-8-16)4-1-2-11-27/h5-8,12,14H,1-4,9-10H2. The van der Waals surface area contributed by atoms with Crippen LogP contribution in [-0.2, 0) is 17.4 Å². The monoisotopic (exact) mass is 469 g/mol. The normalized spacial score (nSPS) is 17.1. The fourth-order valence-electron chi connectivity index (χ4n) is 4.27. The lowest BCUT2D eigenvalue weighted by Gasteiger charge is -2.43. The highest BCUT2D eigenvalue weighted by Gasteiger charge is 2.59. The van der Waals surface area contributed by atoms with Crippen LogP contribution < -0.4 is 9.80 Å². The van der Waals surface area contributed by atoms with E-state index in [1.807, 2.05) is 24.3 Å². The van der Waals surface area contributed by atoms with Gasteiger partial charge in [0, 0.05) is 12.1 Å². The largest absolute Gasteiger partial charge is 0.419 e. The number of aromatic nitrogens is 1. The third kappa shape index (κ3) is 3.81. The number of amides is 1. The SMILES string of the molecule is N#CCCCc1ccc(N2C(=S)N(c3cnc(C#N)c(C(F)(F)F)c3)C(=O)C23CCC3)cc1. The van der Waals surface area contributed by atoms with Crippen LogP contribution in [0.4, 0.5) is 24.5 Å². The zero-order valence-corrected chi connectivity index (χ0v) is 18.2. The van der Waals surface area contributed by atoms with E-state index in [1.165, 1.54) is 6.07 Å². The summed E-state index contributed by atoms with van der Waals surface area (Å²) >= 11 is 5.59. The molecule has 1 saturated heterocycles. The van der Waals surface area contributed by atoms with E-state index in [-0.39, 0.29) is 10.8 Å². The molecule has 6 nitrogen and oxygen atoms in total. The first-order chi connectivity index (χ1) is 15.7. The van der Waals surface area contributed by atoms with Gasteiger partial charge in [-0.3, -0.25) is 9.69 Å². The molecular weight excluding hydrogens is 451 g/mol. The number of carbonyl (C=O) groups excluding carboxylic acids is 1. The van der Waals surface area contributed by atoms with Gasteiger partial charge in [-0.1, -0.05) is 12.1 Å². The van der Waals surface area contributed by atoms with Gasteiger partial charge < -0.3 is 4.90 Å². The van der Waals surface area contributed by atoms with Crippen LogP contribution in [0.3, 0.4) is 0 Å². The molecule has 0 atom stereocenters. The second-order valence-corrected chi connectivity index (χ2v) is 8.39. The van der Waals surface area contributed by atoms with Crippen LogP contribution in [0.1, 0.15) is 48.9 Å². The summed E-state index contributed by atoms with van der Waals surface area (Å²) < 4.78 is 40.4. The first kappa shape index (κ1) is 22.7. The van der Waals surface area contributed by atoms with Crippen LogP contribution in [-0.4, -0.2) is 21.5 Å². The number of halogens is 3. The highest BCUT2D eigenvalue weighted by Crippen LogP contribution is 2.48. The number of nitriles is 2. The van der Waals surface area contributed by atoms with Crippen molar-refractivity contribution >= 4 is 34.6 Å². The molecule has 33 heavy (non-hydrogen) atoms. The summed E-state index contributed by atoms with van der Waals surface area (Å²) in [6, 6.07) is 11.8. The van der Waals surface area contributed by atoms with Gasteiger partial charge in [0.25, 0.3) is 5.91 Å². The van der Waals surface area contributed by atoms with Crippen molar-refractivity contribution in [2.24, 2.45) is 0 Å². The Morgan fingerprint density at radius 3 is 2.39 bits per heavy atom. The van der Waals surface area contributed by atoms with Gasteiger partial charge in [-0.05, 0) is 68.1 Å². The number of hydrogen-bond acceptors (Lipinski definition) is 5. The summed E-state index contributed by atoms with van der Waals surface area (Å²) in [5.41, 5.74) is -1.30. The van der Waals surface area contributed by atoms with Gasteiger partial charge in [-0.2, -0.15) is 23.7 Å². The molecule has 1 aliphatic carbocycles. The van der Waals surface area contributed by atoms with E-state index in [1.54, 1.807) is 4.90 Å². The molecule has 0 unspecified atom stereocenters. The number of carbonyl (C=O) groups is 1. The van der Waals surface area contributed by atoms with E-state index in [4.69, 9.17) is 22.7 Å². The molecule has 0 radical (unpaired) electrons. The molecule has 1 aliphatic heterocycles. The summed E-state index contributed by atoms with van der Waals surface area (Å²) in [6.45, 7) is 0. The molecule has 1 aromatic carbocycles. The number of pyridine rings is 1. The zero-order valence-electron chi connectivity index (χ0n) is 17.4. The number of thiocarbonyl (C=S) groups is 1. The van der Waals surface area contributed by atoms with Crippen molar-refractivity contribution in [2.45, 2.75) is 50.2 Å². The molecule has 2 aromatic rings. The molecule has 2 aliphatic rings. The number of rotatable bonds is 5. The maximum Gasteiger partial charge on any atom is 0.419 e. The Kier molecular flexibility index (Phi) is 5.81. The molecule has 1 amide bonds. The highest BCUT2D eigenvalue weighted by atomic mass is 32.1. The van der Waals surface area contributed by atoms with Crippen molar-refractivity contribution in [1.82, 2.24) is 4.98 Å². The lowest BCUT2D eigenvalue weighted by Crippen LogP contribution is -2.55. The van der Waals surface area contributed by atoms with E-state index in [9.17, 15) is 18.0 Å². The van der Waals surface area contributed by atoms with Crippen LogP contribution in [0.5, 0.6) is 0 Å². The second kappa shape index (κ2) is 8.45. The van der Waals surface area contributed by atoms with E-state index < -0.39 is 28.9 Å². The Balaban J connectivity index is 1.70. The Hall–Kier alpha value is -3.50. The number of nitrogens with zero attached hydrogens (tertiary/aromatic N) is 5. The topological polar surface area (TPSA) is 84.0 Å².